The first-order valence-electron chi connectivity index (χ1n) is 6.12. The van der Waals surface area contributed by atoms with Gasteiger partial charge in [0, 0.05) is 33.2 Å². The molecule has 18 heavy (non-hydrogen) atoms. The lowest BCUT2D eigenvalue weighted by atomic mass is 10.2. The quantitative estimate of drug-likeness (QED) is 0.620. The first kappa shape index (κ1) is 17.3. The van der Waals surface area contributed by atoms with E-state index >= 15 is 0 Å². The van der Waals surface area contributed by atoms with E-state index in [4.69, 9.17) is 4.74 Å². The van der Waals surface area contributed by atoms with Crippen molar-refractivity contribution in [1.29, 1.82) is 0 Å². The number of hydrogen-bond donors (Lipinski definition) is 1. The zero-order valence-corrected chi connectivity index (χ0v) is 12.3. The largest absolute Gasteiger partial charge is 0.383 e. The van der Waals surface area contributed by atoms with Crippen LogP contribution in [0.4, 0.5) is 0 Å². The van der Waals surface area contributed by atoms with Crippen LogP contribution in [0.5, 0.6) is 0 Å². The van der Waals surface area contributed by atoms with Crippen LogP contribution in [0.1, 0.15) is 26.2 Å². The summed E-state index contributed by atoms with van der Waals surface area (Å²) in [4.78, 5) is 11.3. The molecule has 0 atom stereocenters. The summed E-state index contributed by atoms with van der Waals surface area (Å²) < 4.78 is 29.0. The lowest BCUT2D eigenvalue weighted by molar-refractivity contribution is -0.121. The van der Waals surface area contributed by atoms with E-state index in [-0.39, 0.29) is 12.5 Å². The minimum absolute atomic E-state index is 0.0305. The van der Waals surface area contributed by atoms with Crippen molar-refractivity contribution >= 4 is 15.9 Å². The lowest BCUT2D eigenvalue weighted by Gasteiger charge is -2.19. The molecule has 0 aromatic heterocycles. The van der Waals surface area contributed by atoms with Gasteiger partial charge < -0.3 is 10.1 Å². The fourth-order valence-corrected chi connectivity index (χ4v) is 2.21. The third-order valence-electron chi connectivity index (χ3n) is 2.45. The van der Waals surface area contributed by atoms with Gasteiger partial charge in [0.1, 0.15) is 0 Å². The maximum Gasteiger partial charge on any atom is 0.220 e. The molecule has 1 N–H and O–H groups in total. The first-order valence-corrected chi connectivity index (χ1v) is 7.97. The van der Waals surface area contributed by atoms with Crippen LogP contribution in [0.25, 0.3) is 0 Å². The van der Waals surface area contributed by atoms with Crippen LogP contribution in [0.15, 0.2) is 0 Å². The summed E-state index contributed by atoms with van der Waals surface area (Å²) in [6, 6.07) is 0. The van der Waals surface area contributed by atoms with E-state index in [1.165, 1.54) is 11.4 Å². The second-order valence-corrected chi connectivity index (χ2v) is 6.09. The molecule has 108 valence electrons. The maximum absolute atomic E-state index is 11.4. The molecule has 0 aromatic carbocycles. The summed E-state index contributed by atoms with van der Waals surface area (Å²) in [5.41, 5.74) is 0. The molecule has 0 radical (unpaired) electrons. The molecule has 0 spiro atoms. The van der Waals surface area contributed by atoms with Crippen molar-refractivity contribution in [2.45, 2.75) is 26.2 Å². The average molecular weight is 280 g/mol. The average Bonchev–Trinajstić information content (AvgIpc) is 2.29. The minimum Gasteiger partial charge on any atom is -0.383 e. The molecular formula is C11H24N2O4S. The summed E-state index contributed by atoms with van der Waals surface area (Å²) in [7, 11) is -1.73. The number of amides is 1. The number of carbonyl (C=O) groups excluding carboxylic acids is 1. The minimum atomic E-state index is -3.25. The van der Waals surface area contributed by atoms with Gasteiger partial charge in [-0.05, 0) is 6.42 Å². The predicted octanol–water partition coefficient (Wildman–Crippen LogP) is 0.201. The zero-order chi connectivity index (χ0) is 14.0. The lowest BCUT2D eigenvalue weighted by Crippen LogP contribution is -2.39. The second kappa shape index (κ2) is 9.29. The van der Waals surface area contributed by atoms with Crippen molar-refractivity contribution < 1.29 is 17.9 Å². The van der Waals surface area contributed by atoms with Crippen LogP contribution in [0, 0.1) is 0 Å². The molecule has 0 aliphatic heterocycles. The molecule has 0 unspecified atom stereocenters. The highest BCUT2D eigenvalue weighted by Gasteiger charge is 2.15. The van der Waals surface area contributed by atoms with E-state index in [0.29, 0.717) is 26.1 Å². The Bertz CT molecular complexity index is 330. The highest BCUT2D eigenvalue weighted by Crippen LogP contribution is 1.97. The van der Waals surface area contributed by atoms with Gasteiger partial charge in [0.15, 0.2) is 0 Å². The summed E-state index contributed by atoms with van der Waals surface area (Å²) >= 11 is 0. The van der Waals surface area contributed by atoms with Crippen molar-refractivity contribution in [1.82, 2.24) is 9.62 Å². The SMILES string of the molecule is CCCCC(=O)NCCN(CCOC)S(C)(=O)=O. The number of carbonyl (C=O) groups is 1. The van der Waals surface area contributed by atoms with E-state index in [0.717, 1.165) is 19.1 Å². The fourth-order valence-electron chi connectivity index (χ4n) is 1.38. The van der Waals surface area contributed by atoms with Gasteiger partial charge in [-0.1, -0.05) is 13.3 Å². The Morgan fingerprint density at radius 2 is 2.00 bits per heavy atom. The number of rotatable bonds is 10. The van der Waals surface area contributed by atoms with E-state index in [1.807, 2.05) is 6.92 Å². The van der Waals surface area contributed by atoms with Gasteiger partial charge in [0.25, 0.3) is 0 Å². The second-order valence-electron chi connectivity index (χ2n) is 4.11. The van der Waals surface area contributed by atoms with Gasteiger partial charge >= 0.3 is 0 Å². The Morgan fingerprint density at radius 1 is 1.33 bits per heavy atom. The van der Waals surface area contributed by atoms with E-state index in [2.05, 4.69) is 5.32 Å². The Hall–Kier alpha value is -0.660. The molecule has 0 fully saturated rings. The summed E-state index contributed by atoms with van der Waals surface area (Å²) in [5.74, 6) is -0.0305. The highest BCUT2D eigenvalue weighted by molar-refractivity contribution is 7.88. The molecule has 6 nitrogen and oxygen atoms in total. The summed E-state index contributed by atoms with van der Waals surface area (Å²) in [6.07, 6.45) is 3.47. The molecule has 0 aliphatic carbocycles. The third kappa shape index (κ3) is 8.43. The number of nitrogens with one attached hydrogen (secondary N) is 1. The monoisotopic (exact) mass is 280 g/mol. The van der Waals surface area contributed by atoms with Crippen LogP contribution < -0.4 is 5.32 Å². The van der Waals surface area contributed by atoms with Crippen LogP contribution in [-0.4, -0.2) is 58.2 Å². The van der Waals surface area contributed by atoms with Crippen LogP contribution >= 0.6 is 0 Å². The van der Waals surface area contributed by atoms with Gasteiger partial charge in [0.05, 0.1) is 12.9 Å². The maximum atomic E-state index is 11.4. The Labute approximate surface area is 110 Å². The fraction of sp³-hybridized carbons (Fsp3) is 0.909. The molecule has 0 aromatic rings. The van der Waals surface area contributed by atoms with Crippen molar-refractivity contribution in [2.24, 2.45) is 0 Å². The standard InChI is InChI=1S/C11H24N2O4S/c1-4-5-6-11(14)12-7-8-13(9-10-17-2)18(3,15)16/h4-10H2,1-3H3,(H,12,14). The normalized spacial score (nSPS) is 11.8. The van der Waals surface area contributed by atoms with Gasteiger partial charge in [-0.3, -0.25) is 4.79 Å². The highest BCUT2D eigenvalue weighted by atomic mass is 32.2. The Kier molecular flexibility index (Phi) is 8.95. The van der Waals surface area contributed by atoms with Crippen LogP contribution in [0.3, 0.4) is 0 Å². The molecule has 0 saturated carbocycles. The zero-order valence-electron chi connectivity index (χ0n) is 11.4. The molecule has 1 amide bonds. The van der Waals surface area contributed by atoms with Gasteiger partial charge in [-0.15, -0.1) is 0 Å². The van der Waals surface area contributed by atoms with E-state index in [9.17, 15) is 13.2 Å². The number of ether oxygens (including phenoxy) is 1. The molecule has 7 heteroatoms. The number of unbranched alkanes of at least 4 members (excludes halogenated alkanes) is 1. The molecular weight excluding hydrogens is 256 g/mol. The molecule has 0 rings (SSSR count). The molecule has 0 heterocycles. The number of sulfonamides is 1. The van der Waals surface area contributed by atoms with Gasteiger partial charge in [-0.2, -0.15) is 4.31 Å². The Balaban J connectivity index is 4.00. The van der Waals surface area contributed by atoms with Crippen LogP contribution in [-0.2, 0) is 19.6 Å². The van der Waals surface area contributed by atoms with E-state index in [1.54, 1.807) is 0 Å². The number of methoxy groups -OCH3 is 1. The summed E-state index contributed by atoms with van der Waals surface area (Å²) in [6.45, 7) is 3.28. The smallest absolute Gasteiger partial charge is 0.220 e. The topological polar surface area (TPSA) is 75.7 Å². The Morgan fingerprint density at radius 3 is 2.50 bits per heavy atom. The number of hydrogen-bond acceptors (Lipinski definition) is 4. The van der Waals surface area contributed by atoms with Crippen molar-refractivity contribution in [3.05, 3.63) is 0 Å². The van der Waals surface area contributed by atoms with Crippen molar-refractivity contribution in [2.75, 3.05) is 39.6 Å². The number of nitrogens with zero attached hydrogens (tertiary/aromatic N) is 1. The first-order chi connectivity index (χ1) is 8.41. The third-order valence-corrected chi connectivity index (χ3v) is 3.76. The van der Waals surface area contributed by atoms with Crippen molar-refractivity contribution in [3.63, 3.8) is 0 Å². The predicted molar refractivity (Wildman–Crippen MR) is 70.8 cm³/mol. The summed E-state index contributed by atoms with van der Waals surface area (Å²) in [5, 5.41) is 2.71. The molecule has 0 bridgehead atoms. The molecule has 0 saturated heterocycles. The van der Waals surface area contributed by atoms with Crippen molar-refractivity contribution in [3.8, 4) is 0 Å². The van der Waals surface area contributed by atoms with E-state index < -0.39 is 10.0 Å². The van der Waals surface area contributed by atoms with Gasteiger partial charge in [-0.25, -0.2) is 8.42 Å². The van der Waals surface area contributed by atoms with Crippen LogP contribution in [0.2, 0.25) is 0 Å². The van der Waals surface area contributed by atoms with Gasteiger partial charge in [0.2, 0.25) is 15.9 Å². The molecule has 0 aliphatic rings.